The van der Waals surface area contributed by atoms with Gasteiger partial charge in [0.1, 0.15) is 5.58 Å². The number of benzene rings is 3. The topological polar surface area (TPSA) is 92.1 Å². The molecule has 1 aliphatic heterocycles. The minimum atomic E-state index is -1.41. The van der Waals surface area contributed by atoms with Crippen molar-refractivity contribution in [3.8, 4) is 5.75 Å². The average Bonchev–Trinajstić information content (AvgIpc) is 2.92. The van der Waals surface area contributed by atoms with E-state index in [4.69, 9.17) is 20.8 Å². The smallest absolute Gasteiger partial charge is 0.414 e. The summed E-state index contributed by atoms with van der Waals surface area (Å²) in [6, 6.07) is 18.8. The third-order valence-corrected chi connectivity index (χ3v) is 8.23. The highest BCUT2D eigenvalue weighted by atomic mass is 35.5. The van der Waals surface area contributed by atoms with Crippen molar-refractivity contribution in [2.45, 2.75) is 26.3 Å². The van der Waals surface area contributed by atoms with Crippen molar-refractivity contribution < 1.29 is 18.2 Å². The van der Waals surface area contributed by atoms with Crippen LogP contribution in [0.4, 0.5) is 10.5 Å². The first-order valence-corrected chi connectivity index (χ1v) is 13.9. The van der Waals surface area contributed by atoms with Crippen LogP contribution in [0.2, 0.25) is 5.02 Å². The number of hydrogen-bond acceptors (Lipinski definition) is 5. The molecule has 1 N–H and O–H groups in total. The van der Waals surface area contributed by atoms with E-state index >= 15 is 0 Å². The summed E-state index contributed by atoms with van der Waals surface area (Å²) >= 11 is 4.97. The number of aryl methyl sites for hydroxylation is 1. The van der Waals surface area contributed by atoms with Gasteiger partial charge in [-0.1, -0.05) is 48.0 Å². The van der Waals surface area contributed by atoms with Gasteiger partial charge in [0.25, 0.3) is 0 Å². The summed E-state index contributed by atoms with van der Waals surface area (Å²) in [7, 11) is 3.12. The van der Waals surface area contributed by atoms with Crippen LogP contribution in [0, 0.1) is 6.92 Å². The van der Waals surface area contributed by atoms with Crippen LogP contribution in [0.5, 0.6) is 5.75 Å². The molecule has 5 rings (SSSR count). The first-order chi connectivity index (χ1) is 18.7. The van der Waals surface area contributed by atoms with E-state index in [1.54, 1.807) is 20.2 Å². The minimum absolute atomic E-state index is 0.113. The standard InChI is InChI=1S/C29H28ClN3O5S/c1-18-23-15-25(30)27(38-29(35)32(2)3)16-26(23)37-28(34)24(18)14-19-7-6-10-22(13-19)31-39(36)33-12-11-20-8-4-5-9-21(20)17-33/h4-10,13,15-16,31H,11-12,14,17H2,1-3H3. The zero-order valence-electron chi connectivity index (χ0n) is 21.8. The number of halogens is 1. The lowest BCUT2D eigenvalue weighted by Gasteiger charge is -2.27. The fraction of sp³-hybridized carbons (Fsp3) is 0.241. The van der Waals surface area contributed by atoms with Crippen LogP contribution in [0.15, 0.2) is 69.9 Å². The van der Waals surface area contributed by atoms with Gasteiger partial charge in [-0.3, -0.25) is 4.72 Å². The molecule has 1 aliphatic rings. The monoisotopic (exact) mass is 565 g/mol. The fourth-order valence-electron chi connectivity index (χ4n) is 4.58. The Balaban J connectivity index is 1.35. The van der Waals surface area contributed by atoms with Crippen LogP contribution < -0.4 is 15.1 Å². The molecular formula is C29H28ClN3O5S. The number of hydrogen-bond donors (Lipinski definition) is 1. The number of carbonyl (C=O) groups is 1. The fourth-order valence-corrected chi connectivity index (χ4v) is 5.76. The number of nitrogens with one attached hydrogen (secondary N) is 1. The lowest BCUT2D eigenvalue weighted by Crippen LogP contribution is -2.35. The van der Waals surface area contributed by atoms with Gasteiger partial charge in [-0.2, -0.15) is 0 Å². The normalized spacial score (nSPS) is 14.1. The van der Waals surface area contributed by atoms with Crippen molar-refractivity contribution >= 4 is 45.5 Å². The second-order valence-corrected chi connectivity index (χ2v) is 11.3. The summed E-state index contributed by atoms with van der Waals surface area (Å²) in [5.41, 5.74) is 5.05. The van der Waals surface area contributed by atoms with E-state index in [9.17, 15) is 13.8 Å². The van der Waals surface area contributed by atoms with Gasteiger partial charge in [0.2, 0.25) is 0 Å². The van der Waals surface area contributed by atoms with E-state index in [0.29, 0.717) is 36.1 Å². The molecule has 8 nitrogen and oxygen atoms in total. The van der Waals surface area contributed by atoms with Gasteiger partial charge in [-0.15, -0.1) is 0 Å². The molecule has 0 spiro atoms. The van der Waals surface area contributed by atoms with E-state index in [-0.39, 0.29) is 16.4 Å². The Morgan fingerprint density at radius 2 is 1.90 bits per heavy atom. The largest absolute Gasteiger partial charge is 0.422 e. The molecule has 0 bridgehead atoms. The van der Waals surface area contributed by atoms with E-state index < -0.39 is 22.9 Å². The van der Waals surface area contributed by atoms with E-state index in [2.05, 4.69) is 16.9 Å². The molecule has 202 valence electrons. The molecule has 0 saturated heterocycles. The van der Waals surface area contributed by atoms with Gasteiger partial charge in [-0.05, 0) is 53.8 Å². The Kier molecular flexibility index (Phi) is 7.74. The molecule has 4 aromatic rings. The Labute approximate surface area is 233 Å². The second-order valence-electron chi connectivity index (χ2n) is 9.64. The van der Waals surface area contributed by atoms with Crippen LogP contribution in [0.1, 0.15) is 27.8 Å². The van der Waals surface area contributed by atoms with Gasteiger partial charge in [0.05, 0.1) is 5.02 Å². The molecule has 0 radical (unpaired) electrons. The Morgan fingerprint density at radius 1 is 1.13 bits per heavy atom. The summed E-state index contributed by atoms with van der Waals surface area (Å²) in [5.74, 6) is 0.113. The molecule has 0 fully saturated rings. The quantitative estimate of drug-likeness (QED) is 0.314. The molecule has 1 unspecified atom stereocenters. The Bertz CT molecular complexity index is 1650. The molecule has 1 atom stereocenters. The predicted molar refractivity (Wildman–Crippen MR) is 154 cm³/mol. The van der Waals surface area contributed by atoms with Crippen LogP contribution in [0.3, 0.4) is 0 Å². The predicted octanol–water partition coefficient (Wildman–Crippen LogP) is 5.45. The summed E-state index contributed by atoms with van der Waals surface area (Å²) in [4.78, 5) is 26.2. The zero-order valence-corrected chi connectivity index (χ0v) is 23.4. The maximum absolute atomic E-state index is 13.1. The third kappa shape index (κ3) is 5.85. The van der Waals surface area contributed by atoms with Crippen LogP contribution in [-0.4, -0.2) is 40.1 Å². The van der Waals surface area contributed by atoms with Gasteiger partial charge in [0.15, 0.2) is 16.9 Å². The molecule has 1 amide bonds. The van der Waals surface area contributed by atoms with Crippen molar-refractivity contribution in [3.05, 3.63) is 104 Å². The van der Waals surface area contributed by atoms with Gasteiger partial charge in [-0.25, -0.2) is 18.1 Å². The second kappa shape index (κ2) is 11.2. The zero-order chi connectivity index (χ0) is 27.7. The van der Waals surface area contributed by atoms with Crippen molar-refractivity contribution in [1.82, 2.24) is 9.21 Å². The highest BCUT2D eigenvalue weighted by Gasteiger charge is 2.21. The SMILES string of the molecule is Cc1c(Cc2cccc(NS(=O)N3CCc4ccccc4C3)c2)c(=O)oc2cc(OC(=O)N(C)C)c(Cl)cc12. The van der Waals surface area contributed by atoms with E-state index in [1.807, 2.05) is 47.6 Å². The van der Waals surface area contributed by atoms with Crippen molar-refractivity contribution in [3.63, 3.8) is 0 Å². The number of amides is 1. The van der Waals surface area contributed by atoms with Crippen molar-refractivity contribution in [2.75, 3.05) is 25.4 Å². The maximum atomic E-state index is 13.1. The molecule has 2 heterocycles. The maximum Gasteiger partial charge on any atom is 0.414 e. The summed E-state index contributed by atoms with van der Waals surface area (Å²) in [6.07, 6.45) is 0.578. The molecule has 39 heavy (non-hydrogen) atoms. The number of ether oxygens (including phenoxy) is 1. The van der Waals surface area contributed by atoms with Gasteiger partial charge >= 0.3 is 11.7 Å². The number of nitrogens with zero attached hydrogens (tertiary/aromatic N) is 2. The highest BCUT2D eigenvalue weighted by molar-refractivity contribution is 7.84. The van der Waals surface area contributed by atoms with Crippen LogP contribution in [-0.2, 0) is 30.6 Å². The lowest BCUT2D eigenvalue weighted by molar-refractivity contribution is 0.172. The summed E-state index contributed by atoms with van der Waals surface area (Å²) < 4.78 is 29.0. The molecule has 0 aliphatic carbocycles. The number of fused-ring (bicyclic) bond motifs is 2. The Hall–Kier alpha value is -3.66. The third-order valence-electron chi connectivity index (χ3n) is 6.75. The first-order valence-electron chi connectivity index (χ1n) is 12.4. The molecule has 1 aromatic heterocycles. The van der Waals surface area contributed by atoms with Gasteiger partial charge in [0, 0.05) is 56.3 Å². The molecule has 0 saturated carbocycles. The van der Waals surface area contributed by atoms with Crippen LogP contribution in [0.25, 0.3) is 11.0 Å². The van der Waals surface area contributed by atoms with Gasteiger partial charge < -0.3 is 14.1 Å². The Morgan fingerprint density at radius 3 is 2.67 bits per heavy atom. The van der Waals surface area contributed by atoms with Crippen molar-refractivity contribution in [2.24, 2.45) is 0 Å². The number of anilines is 1. The van der Waals surface area contributed by atoms with Crippen molar-refractivity contribution in [1.29, 1.82) is 0 Å². The van der Waals surface area contributed by atoms with E-state index in [0.717, 1.165) is 17.5 Å². The highest BCUT2D eigenvalue weighted by Crippen LogP contribution is 2.33. The minimum Gasteiger partial charge on any atom is -0.422 e. The molecule has 3 aromatic carbocycles. The summed E-state index contributed by atoms with van der Waals surface area (Å²) in [6.45, 7) is 3.15. The first kappa shape index (κ1) is 26.9. The van der Waals surface area contributed by atoms with E-state index in [1.165, 1.54) is 22.1 Å². The lowest BCUT2D eigenvalue weighted by atomic mass is 9.99. The molecule has 10 heteroatoms. The summed E-state index contributed by atoms with van der Waals surface area (Å²) in [5, 5.41) is 0.884. The molecular weight excluding hydrogens is 538 g/mol. The average molecular weight is 566 g/mol. The van der Waals surface area contributed by atoms with Crippen LogP contribution >= 0.6 is 11.6 Å². The number of rotatable bonds is 6. The number of carbonyl (C=O) groups excluding carboxylic acids is 1.